The molecule has 0 spiro atoms. The van der Waals surface area contributed by atoms with Gasteiger partial charge in [0.25, 0.3) is 0 Å². The van der Waals surface area contributed by atoms with Crippen molar-refractivity contribution in [1.29, 1.82) is 0 Å². The van der Waals surface area contributed by atoms with Crippen molar-refractivity contribution in [2.24, 2.45) is 57.2 Å². The van der Waals surface area contributed by atoms with Crippen molar-refractivity contribution in [2.45, 2.75) is 145 Å². The third-order valence-electron chi connectivity index (χ3n) is 14.3. The molecule has 0 nitrogen and oxygen atoms in total. The Kier molecular flexibility index (Phi) is 8.24. The molecule has 4 aliphatic carbocycles. The second-order valence-corrected chi connectivity index (χ2v) is 16.6. The zero-order chi connectivity index (χ0) is 27.2. The van der Waals surface area contributed by atoms with Crippen molar-refractivity contribution in [3.05, 3.63) is 35.9 Å². The first-order valence-corrected chi connectivity index (χ1v) is 17.1. The molecule has 0 bridgehead atoms. The van der Waals surface area contributed by atoms with Crippen molar-refractivity contribution in [3.8, 4) is 0 Å². The molecule has 1 unspecified atom stereocenters. The smallest absolute Gasteiger partial charge is 0.0235 e. The van der Waals surface area contributed by atoms with E-state index in [2.05, 4.69) is 78.8 Å². The van der Waals surface area contributed by atoms with Gasteiger partial charge in [-0.1, -0.05) is 111 Å². The van der Waals surface area contributed by atoms with E-state index < -0.39 is 0 Å². The molecule has 0 N–H and O–H groups in total. The molecular formula is C38H62. The molecule has 1 aromatic rings. The van der Waals surface area contributed by atoms with E-state index in [1.54, 1.807) is 0 Å². The lowest BCUT2D eigenvalue weighted by molar-refractivity contribution is -0.203. The second-order valence-electron chi connectivity index (χ2n) is 16.6. The van der Waals surface area contributed by atoms with Crippen LogP contribution in [0.1, 0.15) is 144 Å². The Morgan fingerprint density at radius 2 is 1.42 bits per heavy atom. The van der Waals surface area contributed by atoms with Crippen LogP contribution in [-0.2, 0) is 6.42 Å². The van der Waals surface area contributed by atoms with Crippen LogP contribution in [0.2, 0.25) is 0 Å². The maximum Gasteiger partial charge on any atom is -0.0235 e. The van der Waals surface area contributed by atoms with E-state index in [-0.39, 0.29) is 0 Å². The van der Waals surface area contributed by atoms with Crippen LogP contribution >= 0.6 is 0 Å². The Hall–Kier alpha value is -0.780. The summed E-state index contributed by atoms with van der Waals surface area (Å²) in [5, 5.41) is 0. The van der Waals surface area contributed by atoms with Gasteiger partial charge in [-0.05, 0) is 127 Å². The average molecular weight is 519 g/mol. The van der Waals surface area contributed by atoms with Gasteiger partial charge in [-0.2, -0.15) is 0 Å². The maximum atomic E-state index is 2.80. The zero-order valence-corrected chi connectivity index (χ0v) is 26.5. The van der Waals surface area contributed by atoms with E-state index in [1.165, 1.54) is 102 Å². The van der Waals surface area contributed by atoms with Crippen LogP contribution in [0.5, 0.6) is 0 Å². The summed E-state index contributed by atoms with van der Waals surface area (Å²) in [5.74, 6) is 5.68. The number of rotatable bonds is 9. The maximum absolute atomic E-state index is 2.80. The van der Waals surface area contributed by atoms with Crippen molar-refractivity contribution >= 4 is 0 Å². The molecule has 9 atom stereocenters. The topological polar surface area (TPSA) is 0 Å². The van der Waals surface area contributed by atoms with E-state index >= 15 is 0 Å². The molecular weight excluding hydrogens is 456 g/mol. The summed E-state index contributed by atoms with van der Waals surface area (Å²) in [7, 11) is 0. The molecule has 5 rings (SSSR count). The lowest BCUT2D eigenvalue weighted by Crippen LogP contribution is -2.62. The molecule has 4 aliphatic rings. The number of benzene rings is 1. The highest BCUT2D eigenvalue weighted by molar-refractivity contribution is 5.17. The van der Waals surface area contributed by atoms with Crippen molar-refractivity contribution < 1.29 is 0 Å². The highest BCUT2D eigenvalue weighted by atomic mass is 14.7. The highest BCUT2D eigenvalue weighted by Crippen LogP contribution is 2.75. The fourth-order valence-electron chi connectivity index (χ4n) is 12.0. The molecule has 214 valence electrons. The first-order valence-electron chi connectivity index (χ1n) is 17.1. The molecule has 0 amide bonds. The second kappa shape index (κ2) is 10.9. The van der Waals surface area contributed by atoms with Gasteiger partial charge in [-0.15, -0.1) is 0 Å². The minimum atomic E-state index is 0.553. The first-order chi connectivity index (χ1) is 18.0. The van der Waals surface area contributed by atoms with Crippen LogP contribution in [0.15, 0.2) is 30.3 Å². The van der Waals surface area contributed by atoms with Gasteiger partial charge in [-0.25, -0.2) is 0 Å². The predicted octanol–water partition coefficient (Wildman–Crippen LogP) is 11.5. The Bertz CT molecular complexity index is 913. The number of fused-ring (bicyclic) bond motifs is 5. The Balaban J connectivity index is 1.16. The summed E-state index contributed by atoms with van der Waals surface area (Å²) in [5.41, 5.74) is 3.79. The monoisotopic (exact) mass is 518 g/mol. The minimum Gasteiger partial charge on any atom is -0.0625 e. The predicted molar refractivity (Wildman–Crippen MR) is 165 cm³/mol. The van der Waals surface area contributed by atoms with E-state index in [4.69, 9.17) is 0 Å². The summed E-state index contributed by atoms with van der Waals surface area (Å²) in [6.45, 7) is 18.7. The third kappa shape index (κ3) is 4.96. The summed E-state index contributed by atoms with van der Waals surface area (Å²) in [6.07, 6.45) is 21.9. The van der Waals surface area contributed by atoms with Crippen LogP contribution in [-0.4, -0.2) is 0 Å². The Morgan fingerprint density at radius 3 is 2.18 bits per heavy atom. The third-order valence-corrected chi connectivity index (χ3v) is 14.3. The van der Waals surface area contributed by atoms with Gasteiger partial charge in [-0.3, -0.25) is 0 Å². The van der Waals surface area contributed by atoms with Crippen LogP contribution in [0, 0.1) is 57.2 Å². The molecule has 4 fully saturated rings. The molecule has 0 radical (unpaired) electrons. The normalized spacial score (nSPS) is 41.6. The summed E-state index contributed by atoms with van der Waals surface area (Å²) < 4.78 is 0. The lowest BCUT2D eigenvalue weighted by Gasteiger charge is -2.69. The van der Waals surface area contributed by atoms with E-state index in [0.29, 0.717) is 21.7 Å². The van der Waals surface area contributed by atoms with Gasteiger partial charge >= 0.3 is 0 Å². The summed E-state index contributed by atoms with van der Waals surface area (Å²) in [4.78, 5) is 0. The Morgan fingerprint density at radius 1 is 0.711 bits per heavy atom. The van der Waals surface area contributed by atoms with Crippen LogP contribution in [0.3, 0.4) is 0 Å². The largest absolute Gasteiger partial charge is 0.0625 e. The van der Waals surface area contributed by atoms with Gasteiger partial charge in [0, 0.05) is 0 Å². The molecule has 0 saturated heterocycles. The number of aryl methyl sites for hydroxylation is 1. The fraction of sp³-hybridized carbons (Fsp3) is 0.842. The molecule has 1 aromatic carbocycles. The fourth-order valence-corrected chi connectivity index (χ4v) is 12.0. The Labute approximate surface area is 237 Å². The minimum absolute atomic E-state index is 0.553. The summed E-state index contributed by atoms with van der Waals surface area (Å²) in [6, 6.07) is 11.1. The van der Waals surface area contributed by atoms with Crippen LogP contribution in [0.4, 0.5) is 0 Å². The van der Waals surface area contributed by atoms with Crippen molar-refractivity contribution in [1.82, 2.24) is 0 Å². The van der Waals surface area contributed by atoms with Crippen molar-refractivity contribution in [2.75, 3.05) is 0 Å². The average Bonchev–Trinajstić information content (AvgIpc) is 3.22. The molecule has 0 aliphatic heterocycles. The molecule has 4 saturated carbocycles. The highest BCUT2D eigenvalue weighted by Gasteiger charge is 2.67. The zero-order valence-electron chi connectivity index (χ0n) is 26.5. The molecule has 0 heterocycles. The van der Waals surface area contributed by atoms with E-state index in [9.17, 15) is 0 Å². The van der Waals surface area contributed by atoms with E-state index in [0.717, 1.165) is 35.5 Å². The summed E-state index contributed by atoms with van der Waals surface area (Å²) >= 11 is 0. The van der Waals surface area contributed by atoms with Gasteiger partial charge in [0.15, 0.2) is 0 Å². The van der Waals surface area contributed by atoms with Crippen molar-refractivity contribution in [3.63, 3.8) is 0 Å². The number of hydrogen-bond donors (Lipinski definition) is 0. The SMILES string of the molecule is CC(CCCc1ccccc1)CCC[C@@H](C)[C@H]1CC[C@]2(C)[C@@H]1CC[C@@H]1[C@@]3(C)CCCC(C)(C)[C@@H]3CC[C@]12C. The van der Waals surface area contributed by atoms with Crippen LogP contribution in [0.25, 0.3) is 0 Å². The van der Waals surface area contributed by atoms with E-state index in [1.807, 2.05) is 0 Å². The standard InChI is InChI=1S/C38H62/c1-28(15-12-19-30-17-9-8-10-18-30)14-11-16-29(2)31-22-26-37(6)32(31)20-21-34-36(5)25-13-24-35(3,4)33(36)23-27-38(34,37)7/h8-10,17-18,28-29,31-34H,11-16,19-27H2,1-7H3/t28?,29-,31-,32-,33+,34-,36+,37-,38-/m1/s1. The molecule has 38 heavy (non-hydrogen) atoms. The first kappa shape index (κ1) is 28.7. The van der Waals surface area contributed by atoms with Gasteiger partial charge in [0.2, 0.25) is 0 Å². The quantitative estimate of drug-likeness (QED) is 0.305. The van der Waals surface area contributed by atoms with Gasteiger partial charge in [0.1, 0.15) is 0 Å². The number of hydrogen-bond acceptors (Lipinski definition) is 0. The van der Waals surface area contributed by atoms with Gasteiger partial charge < -0.3 is 0 Å². The van der Waals surface area contributed by atoms with Crippen LogP contribution < -0.4 is 0 Å². The molecule has 0 heteroatoms. The molecule has 0 aromatic heterocycles. The lowest BCUT2D eigenvalue weighted by atomic mass is 9.35. The van der Waals surface area contributed by atoms with Gasteiger partial charge in [0.05, 0.1) is 0 Å².